The minimum absolute atomic E-state index is 0.145. The summed E-state index contributed by atoms with van der Waals surface area (Å²) in [6.07, 6.45) is -2.83. The number of alkyl halides is 3. The number of rotatable bonds is 1. The summed E-state index contributed by atoms with van der Waals surface area (Å²) in [6, 6.07) is -1.64. The topological polar surface area (TPSA) is 32.3 Å². The Morgan fingerprint density at radius 3 is 2.53 bits per heavy atom. The number of carbonyl (C=O) groups excluding carboxylic acids is 1. The summed E-state index contributed by atoms with van der Waals surface area (Å²) in [5.74, 6) is -0.466. The maximum atomic E-state index is 12.6. The Morgan fingerprint density at radius 2 is 2.00 bits per heavy atom. The van der Waals surface area contributed by atoms with E-state index in [1.54, 1.807) is 0 Å². The predicted octanol–water partition coefficient (Wildman–Crippen LogP) is 0.759. The molecule has 86 valence electrons. The minimum atomic E-state index is -4.32. The molecule has 1 amide bonds. The van der Waals surface area contributed by atoms with Crippen molar-refractivity contribution in [2.45, 2.75) is 25.1 Å². The molecular formula is C9H13F3N2O. The molecule has 0 radical (unpaired) electrons. The lowest BCUT2D eigenvalue weighted by Crippen LogP contribution is -2.59. The fourth-order valence-electron chi connectivity index (χ4n) is 1.83. The lowest BCUT2D eigenvalue weighted by molar-refractivity contribution is -0.193. The van der Waals surface area contributed by atoms with E-state index in [2.05, 4.69) is 5.32 Å². The first kappa shape index (κ1) is 10.7. The van der Waals surface area contributed by atoms with E-state index in [0.29, 0.717) is 6.54 Å². The molecule has 1 aliphatic carbocycles. The summed E-state index contributed by atoms with van der Waals surface area (Å²) in [5, 5.41) is 2.67. The molecule has 1 atom stereocenters. The van der Waals surface area contributed by atoms with Crippen LogP contribution < -0.4 is 5.32 Å². The molecule has 2 rings (SSSR count). The lowest BCUT2D eigenvalue weighted by Gasteiger charge is -2.37. The molecule has 2 fully saturated rings. The van der Waals surface area contributed by atoms with Gasteiger partial charge in [-0.15, -0.1) is 0 Å². The highest BCUT2D eigenvalue weighted by Crippen LogP contribution is 2.34. The second-order valence-electron chi connectivity index (χ2n) is 4.07. The van der Waals surface area contributed by atoms with Gasteiger partial charge in [0.15, 0.2) is 0 Å². The summed E-state index contributed by atoms with van der Waals surface area (Å²) in [5.41, 5.74) is 0. The highest BCUT2D eigenvalue weighted by molar-refractivity contribution is 5.81. The molecule has 1 heterocycles. The number of amides is 1. The smallest absolute Gasteiger partial charge is 0.328 e. The third-order valence-electron chi connectivity index (χ3n) is 2.83. The van der Waals surface area contributed by atoms with Gasteiger partial charge in [-0.1, -0.05) is 0 Å². The Hall–Kier alpha value is -0.780. The van der Waals surface area contributed by atoms with Crippen LogP contribution in [-0.4, -0.2) is 42.7 Å². The number of nitrogens with zero attached hydrogens (tertiary/aromatic N) is 1. The first-order chi connectivity index (χ1) is 7.00. The van der Waals surface area contributed by atoms with Crippen molar-refractivity contribution in [1.29, 1.82) is 0 Å². The quantitative estimate of drug-likeness (QED) is 0.710. The van der Waals surface area contributed by atoms with Crippen molar-refractivity contribution in [3.63, 3.8) is 0 Å². The van der Waals surface area contributed by atoms with Crippen molar-refractivity contribution < 1.29 is 18.0 Å². The maximum absolute atomic E-state index is 12.6. The molecule has 2 aliphatic rings. The monoisotopic (exact) mass is 222 g/mol. The first-order valence-electron chi connectivity index (χ1n) is 5.08. The molecular weight excluding hydrogens is 209 g/mol. The van der Waals surface area contributed by atoms with Gasteiger partial charge in [0.1, 0.15) is 6.04 Å². The fourth-order valence-corrected chi connectivity index (χ4v) is 1.83. The SMILES string of the molecule is O=C(C1CC1)N1CCNCC1C(F)(F)F. The van der Waals surface area contributed by atoms with Crippen LogP contribution in [0.2, 0.25) is 0 Å². The standard InChI is InChI=1S/C9H13F3N2O/c10-9(11,12)7-5-13-3-4-14(7)8(15)6-1-2-6/h6-7,13H,1-5H2. The number of halogens is 3. The summed E-state index contributed by atoms with van der Waals surface area (Å²) < 4.78 is 37.8. The first-order valence-corrected chi connectivity index (χ1v) is 5.08. The second-order valence-corrected chi connectivity index (χ2v) is 4.07. The third kappa shape index (κ3) is 2.25. The average Bonchev–Trinajstić information content (AvgIpc) is 2.98. The lowest BCUT2D eigenvalue weighted by atomic mass is 10.1. The zero-order valence-electron chi connectivity index (χ0n) is 8.18. The van der Waals surface area contributed by atoms with Crippen molar-refractivity contribution in [3.05, 3.63) is 0 Å². The van der Waals surface area contributed by atoms with Crippen LogP contribution in [0.5, 0.6) is 0 Å². The zero-order valence-corrected chi connectivity index (χ0v) is 8.18. The molecule has 1 saturated carbocycles. The van der Waals surface area contributed by atoms with Crippen LogP contribution >= 0.6 is 0 Å². The molecule has 1 saturated heterocycles. The molecule has 6 heteroatoms. The van der Waals surface area contributed by atoms with E-state index in [9.17, 15) is 18.0 Å². The summed E-state index contributed by atoms with van der Waals surface area (Å²) >= 11 is 0. The predicted molar refractivity (Wildman–Crippen MR) is 47.1 cm³/mol. The Balaban J connectivity index is 2.08. The molecule has 0 spiro atoms. The van der Waals surface area contributed by atoms with Crippen LogP contribution in [0.25, 0.3) is 0 Å². The largest absolute Gasteiger partial charge is 0.410 e. The normalized spacial score (nSPS) is 27.9. The van der Waals surface area contributed by atoms with Crippen molar-refractivity contribution in [2.24, 2.45) is 5.92 Å². The van der Waals surface area contributed by atoms with E-state index in [4.69, 9.17) is 0 Å². The van der Waals surface area contributed by atoms with E-state index in [1.165, 1.54) is 0 Å². The molecule has 0 bridgehead atoms. The number of hydrogen-bond donors (Lipinski definition) is 1. The van der Waals surface area contributed by atoms with Crippen molar-refractivity contribution >= 4 is 5.91 Å². The zero-order chi connectivity index (χ0) is 11.1. The fraction of sp³-hybridized carbons (Fsp3) is 0.889. The van der Waals surface area contributed by atoms with E-state index < -0.39 is 12.2 Å². The Morgan fingerprint density at radius 1 is 1.33 bits per heavy atom. The number of piperazine rings is 1. The summed E-state index contributed by atoms with van der Waals surface area (Å²) in [6.45, 7) is 0.437. The second kappa shape index (κ2) is 3.66. The molecule has 0 aromatic rings. The van der Waals surface area contributed by atoms with Crippen LogP contribution in [0.1, 0.15) is 12.8 Å². The Bertz CT molecular complexity index is 263. The van der Waals surface area contributed by atoms with Crippen molar-refractivity contribution in [1.82, 2.24) is 10.2 Å². The van der Waals surface area contributed by atoms with Gasteiger partial charge in [-0.2, -0.15) is 13.2 Å². The van der Waals surface area contributed by atoms with Gasteiger partial charge in [0.25, 0.3) is 0 Å². The van der Waals surface area contributed by atoms with E-state index >= 15 is 0 Å². The Labute approximate surface area is 85.6 Å². The van der Waals surface area contributed by atoms with Crippen molar-refractivity contribution in [3.8, 4) is 0 Å². The highest BCUT2D eigenvalue weighted by Gasteiger charge is 2.48. The minimum Gasteiger partial charge on any atom is -0.328 e. The molecule has 15 heavy (non-hydrogen) atoms. The molecule has 1 unspecified atom stereocenters. The molecule has 0 aromatic carbocycles. The highest BCUT2D eigenvalue weighted by atomic mass is 19.4. The van der Waals surface area contributed by atoms with Gasteiger partial charge in [-0.05, 0) is 12.8 Å². The van der Waals surface area contributed by atoms with Gasteiger partial charge in [0.05, 0.1) is 0 Å². The molecule has 0 aromatic heterocycles. The van der Waals surface area contributed by atoms with Crippen LogP contribution in [0, 0.1) is 5.92 Å². The summed E-state index contributed by atoms with van der Waals surface area (Å²) in [7, 11) is 0. The molecule has 1 N–H and O–H groups in total. The molecule has 3 nitrogen and oxygen atoms in total. The summed E-state index contributed by atoms with van der Waals surface area (Å²) in [4.78, 5) is 12.6. The van der Waals surface area contributed by atoms with Crippen molar-refractivity contribution in [2.75, 3.05) is 19.6 Å². The maximum Gasteiger partial charge on any atom is 0.410 e. The van der Waals surface area contributed by atoms with Gasteiger partial charge in [-0.25, -0.2) is 0 Å². The van der Waals surface area contributed by atoms with Crippen LogP contribution in [-0.2, 0) is 4.79 Å². The van der Waals surface area contributed by atoms with Gasteiger partial charge in [-0.3, -0.25) is 4.79 Å². The molecule has 1 aliphatic heterocycles. The third-order valence-corrected chi connectivity index (χ3v) is 2.83. The van der Waals surface area contributed by atoms with Gasteiger partial charge in [0.2, 0.25) is 5.91 Å². The van der Waals surface area contributed by atoms with Crippen LogP contribution in [0.3, 0.4) is 0 Å². The van der Waals surface area contributed by atoms with E-state index in [0.717, 1.165) is 17.7 Å². The van der Waals surface area contributed by atoms with Gasteiger partial charge < -0.3 is 10.2 Å². The number of nitrogens with one attached hydrogen (secondary N) is 1. The van der Waals surface area contributed by atoms with E-state index in [-0.39, 0.29) is 24.9 Å². The average molecular weight is 222 g/mol. The van der Waals surface area contributed by atoms with E-state index in [1.807, 2.05) is 0 Å². The number of carbonyl (C=O) groups is 1. The number of hydrogen-bond acceptors (Lipinski definition) is 2. The van der Waals surface area contributed by atoms with Gasteiger partial charge >= 0.3 is 6.18 Å². The van der Waals surface area contributed by atoms with Gasteiger partial charge in [0, 0.05) is 25.6 Å². The van der Waals surface area contributed by atoms with Crippen LogP contribution in [0.4, 0.5) is 13.2 Å². The Kier molecular flexibility index (Phi) is 2.62. The van der Waals surface area contributed by atoms with Crippen LogP contribution in [0.15, 0.2) is 0 Å².